The van der Waals surface area contributed by atoms with E-state index in [4.69, 9.17) is 17.5 Å². The average Bonchev–Trinajstić information content (AvgIpc) is 0.722. The Morgan fingerprint density at radius 2 is 1.25 bits per heavy atom. The fourth-order valence-electron chi connectivity index (χ4n) is 0. The first-order chi connectivity index (χ1) is 2.00. The van der Waals surface area contributed by atoms with Gasteiger partial charge in [0.1, 0.15) is 0 Å². The van der Waals surface area contributed by atoms with E-state index in [-0.39, 0.29) is 78.9 Å². The van der Waals surface area contributed by atoms with Crippen molar-refractivity contribution in [2.24, 2.45) is 0 Å². The van der Waals surface area contributed by atoms with Gasteiger partial charge in [0.2, 0.25) is 0 Å². The number of hydrogen-bond acceptors (Lipinski definition) is 2. The molecular formula is H7CaClMgO4S. The summed E-state index contributed by atoms with van der Waals surface area (Å²) < 4.78 is 31.6. The van der Waals surface area contributed by atoms with Crippen LogP contribution in [-0.4, -0.2) is 78.3 Å². The van der Waals surface area contributed by atoms with Crippen molar-refractivity contribution in [2.75, 3.05) is 0 Å². The van der Waals surface area contributed by atoms with Crippen LogP contribution in [0.2, 0.25) is 0 Å². The molecule has 0 fully saturated rings. The summed E-state index contributed by atoms with van der Waals surface area (Å²) in [5, 5.41) is 0. The molecule has 0 amide bonds. The standard InChI is InChI=1S/Ca.ClH.Mg.H2O4S.4H/c;;;1-5(2,3)4;;;;/h;1H;;(H2,1,2,3,4);;;;/q+2;;+2;;4*-1. The zero-order valence-corrected chi connectivity index (χ0v) is 9.20. The number of rotatable bonds is 0. The summed E-state index contributed by atoms with van der Waals surface area (Å²) in [4.78, 5) is 0. The third-order valence-electron chi connectivity index (χ3n) is 0. The Bertz CT molecular complexity index is 110. The Kier molecular flexibility index (Phi) is 25.8. The van der Waals surface area contributed by atoms with E-state index < -0.39 is 10.4 Å². The minimum atomic E-state index is -4.67. The molecule has 0 radical (unpaired) electrons. The van der Waals surface area contributed by atoms with Crippen molar-refractivity contribution < 1.29 is 23.2 Å². The van der Waals surface area contributed by atoms with E-state index in [0.29, 0.717) is 0 Å². The van der Waals surface area contributed by atoms with Gasteiger partial charge in [-0.3, -0.25) is 9.11 Å². The molecule has 0 bridgehead atoms. The maximum Gasteiger partial charge on any atom is 2.00 e. The van der Waals surface area contributed by atoms with Gasteiger partial charge in [-0.2, -0.15) is 8.42 Å². The number of hydrogen-bond donors (Lipinski definition) is 2. The fourth-order valence-corrected chi connectivity index (χ4v) is 0. The van der Waals surface area contributed by atoms with Gasteiger partial charge in [0, 0.05) is 0 Å². The molecular weight excluding hydrogens is 196 g/mol. The van der Waals surface area contributed by atoms with E-state index in [2.05, 4.69) is 0 Å². The first-order valence-electron chi connectivity index (χ1n) is 0.698. The predicted molar refractivity (Wildman–Crippen MR) is 37.4 cm³/mol. The van der Waals surface area contributed by atoms with Gasteiger partial charge in [-0.1, -0.05) is 0 Å². The molecule has 0 aromatic rings. The first-order valence-corrected chi connectivity index (χ1v) is 2.10. The van der Waals surface area contributed by atoms with Crippen LogP contribution in [0.25, 0.3) is 0 Å². The average molecular weight is 203 g/mol. The van der Waals surface area contributed by atoms with Crippen molar-refractivity contribution >= 4 is 83.6 Å². The van der Waals surface area contributed by atoms with E-state index in [1.807, 2.05) is 0 Å². The third-order valence-corrected chi connectivity index (χ3v) is 0. The summed E-state index contributed by atoms with van der Waals surface area (Å²) in [5.74, 6) is 0. The summed E-state index contributed by atoms with van der Waals surface area (Å²) in [6.07, 6.45) is 0. The second kappa shape index (κ2) is 9.19. The minimum Gasteiger partial charge on any atom is -1.00 e. The van der Waals surface area contributed by atoms with Gasteiger partial charge in [-0.15, -0.1) is 12.4 Å². The third kappa shape index (κ3) is 88.5. The summed E-state index contributed by atoms with van der Waals surface area (Å²) in [7, 11) is -4.67. The van der Waals surface area contributed by atoms with Crippen molar-refractivity contribution in [3.8, 4) is 0 Å². The van der Waals surface area contributed by atoms with Gasteiger partial charge >= 0.3 is 71.2 Å². The smallest absolute Gasteiger partial charge is 1.00 e. The topological polar surface area (TPSA) is 74.6 Å². The van der Waals surface area contributed by atoms with Crippen molar-refractivity contribution in [2.45, 2.75) is 0 Å². The van der Waals surface area contributed by atoms with Crippen LogP contribution in [0.5, 0.6) is 0 Å². The summed E-state index contributed by atoms with van der Waals surface area (Å²) in [6.45, 7) is 0. The molecule has 0 aromatic carbocycles. The molecule has 0 aliphatic rings. The molecule has 0 rings (SSSR count). The molecule has 8 heavy (non-hydrogen) atoms. The van der Waals surface area contributed by atoms with Crippen LogP contribution in [0.3, 0.4) is 0 Å². The largest absolute Gasteiger partial charge is 2.00 e. The van der Waals surface area contributed by atoms with Gasteiger partial charge < -0.3 is 5.71 Å². The van der Waals surface area contributed by atoms with E-state index >= 15 is 0 Å². The second-order valence-corrected chi connectivity index (χ2v) is 1.34. The first kappa shape index (κ1) is 22.5. The van der Waals surface area contributed by atoms with Crippen LogP contribution < -0.4 is 0 Å². The van der Waals surface area contributed by atoms with Crippen LogP contribution in [0, 0.1) is 0 Å². The normalized spacial score (nSPS) is 7.25. The molecule has 8 heteroatoms. The molecule has 0 atom stereocenters. The van der Waals surface area contributed by atoms with Crippen molar-refractivity contribution in [1.29, 1.82) is 0 Å². The molecule has 4 nitrogen and oxygen atoms in total. The Morgan fingerprint density at radius 3 is 1.25 bits per heavy atom. The van der Waals surface area contributed by atoms with Gasteiger partial charge in [0.25, 0.3) is 0 Å². The molecule has 0 saturated carbocycles. The summed E-state index contributed by atoms with van der Waals surface area (Å²) in [5.41, 5.74) is 0. The molecule has 0 aliphatic carbocycles. The Hall–Kier alpha value is 2.19. The van der Waals surface area contributed by atoms with E-state index in [0.717, 1.165) is 0 Å². The molecule has 2 N–H and O–H groups in total. The monoisotopic (exact) mass is 202 g/mol. The fraction of sp³-hybridized carbons (Fsp3) is 0. The Morgan fingerprint density at radius 1 is 1.25 bits per heavy atom. The summed E-state index contributed by atoms with van der Waals surface area (Å²) >= 11 is 0. The maximum absolute atomic E-state index is 8.74. The predicted octanol–water partition coefficient (Wildman–Crippen LogP) is -0.543. The molecule has 0 heterocycles. The molecule has 48 valence electrons. The minimum absolute atomic E-state index is 0. The molecule has 0 spiro atoms. The Balaban J connectivity index is -0.00000000381. The van der Waals surface area contributed by atoms with Crippen molar-refractivity contribution in [1.82, 2.24) is 0 Å². The van der Waals surface area contributed by atoms with Gasteiger partial charge in [-0.05, 0) is 0 Å². The van der Waals surface area contributed by atoms with Crippen LogP contribution in [0.1, 0.15) is 5.71 Å². The number of halogens is 1. The van der Waals surface area contributed by atoms with Crippen molar-refractivity contribution in [3.05, 3.63) is 0 Å². The van der Waals surface area contributed by atoms with Crippen molar-refractivity contribution in [3.63, 3.8) is 0 Å². The van der Waals surface area contributed by atoms with Crippen LogP contribution in [-0.2, 0) is 10.4 Å². The van der Waals surface area contributed by atoms with Crippen LogP contribution >= 0.6 is 12.4 Å². The van der Waals surface area contributed by atoms with Gasteiger partial charge in [0.05, 0.1) is 0 Å². The maximum atomic E-state index is 8.74. The van der Waals surface area contributed by atoms with E-state index in [1.54, 1.807) is 0 Å². The zero-order valence-electron chi connectivity index (χ0n) is 7.94. The molecule has 0 saturated heterocycles. The molecule has 0 aromatic heterocycles. The summed E-state index contributed by atoms with van der Waals surface area (Å²) in [6, 6.07) is 0. The zero-order chi connectivity index (χ0) is 4.50. The van der Waals surface area contributed by atoms with Gasteiger partial charge in [-0.25, -0.2) is 0 Å². The van der Waals surface area contributed by atoms with E-state index in [1.165, 1.54) is 0 Å². The Labute approximate surface area is 105 Å². The molecule has 0 unspecified atom stereocenters. The van der Waals surface area contributed by atoms with E-state index in [9.17, 15) is 0 Å². The van der Waals surface area contributed by atoms with Gasteiger partial charge in [0.15, 0.2) is 0 Å². The quantitative estimate of drug-likeness (QED) is 0.409. The molecule has 0 aliphatic heterocycles. The van der Waals surface area contributed by atoms with Crippen LogP contribution in [0.4, 0.5) is 0 Å². The van der Waals surface area contributed by atoms with Crippen LogP contribution in [0.15, 0.2) is 0 Å². The second-order valence-electron chi connectivity index (χ2n) is 0.448. The SMILES string of the molecule is Cl.O=S(=O)(O)O.[Ca+2].[H-].[H-].[H-].[H-].[Mg+2].